The van der Waals surface area contributed by atoms with Gasteiger partial charge in [0.1, 0.15) is 5.82 Å². The second-order valence-electron chi connectivity index (χ2n) is 5.68. The van der Waals surface area contributed by atoms with Crippen molar-refractivity contribution in [3.8, 4) is 11.6 Å². The first kappa shape index (κ1) is 14.5. The molecule has 0 bridgehead atoms. The Balaban J connectivity index is 2.64. The molecule has 0 fully saturated rings. The third-order valence-corrected chi connectivity index (χ3v) is 3.12. The topological polar surface area (TPSA) is 53.1 Å². The van der Waals surface area contributed by atoms with Crippen LogP contribution < -0.4 is 10.5 Å². The van der Waals surface area contributed by atoms with Crippen LogP contribution in [-0.4, -0.2) is 16.9 Å². The van der Waals surface area contributed by atoms with Gasteiger partial charge in [-0.25, -0.2) is 9.07 Å². The third kappa shape index (κ3) is 2.54. The van der Waals surface area contributed by atoms with Crippen LogP contribution in [0.4, 0.5) is 4.39 Å². The maximum absolute atomic E-state index is 13.0. The Labute approximate surface area is 118 Å². The fraction of sp³-hybridized carbons (Fsp3) is 0.400. The number of benzene rings is 1. The zero-order valence-electron chi connectivity index (χ0n) is 12.3. The van der Waals surface area contributed by atoms with E-state index in [0.717, 1.165) is 16.9 Å². The normalized spacial score (nSPS) is 11.7. The van der Waals surface area contributed by atoms with Gasteiger partial charge in [-0.2, -0.15) is 5.10 Å². The fourth-order valence-electron chi connectivity index (χ4n) is 2.19. The molecule has 0 amide bonds. The first-order valence-corrected chi connectivity index (χ1v) is 6.51. The lowest BCUT2D eigenvalue weighted by molar-refractivity contribution is 0.379. The fourth-order valence-corrected chi connectivity index (χ4v) is 2.19. The van der Waals surface area contributed by atoms with Crippen molar-refractivity contribution in [2.75, 3.05) is 7.11 Å². The summed E-state index contributed by atoms with van der Waals surface area (Å²) in [5.74, 6) is 0.319. The summed E-state index contributed by atoms with van der Waals surface area (Å²) in [5, 5.41) is 4.61. The third-order valence-electron chi connectivity index (χ3n) is 3.12. The first-order chi connectivity index (χ1) is 9.38. The molecule has 0 spiro atoms. The van der Waals surface area contributed by atoms with E-state index >= 15 is 0 Å². The van der Waals surface area contributed by atoms with Crippen LogP contribution in [0.2, 0.25) is 0 Å². The van der Waals surface area contributed by atoms with E-state index in [4.69, 9.17) is 10.5 Å². The Morgan fingerprint density at radius 3 is 2.30 bits per heavy atom. The van der Waals surface area contributed by atoms with E-state index < -0.39 is 0 Å². The highest BCUT2D eigenvalue weighted by Gasteiger charge is 2.27. The highest BCUT2D eigenvalue weighted by molar-refractivity contribution is 5.43. The van der Waals surface area contributed by atoms with E-state index in [-0.39, 0.29) is 11.2 Å². The van der Waals surface area contributed by atoms with Crippen LogP contribution >= 0.6 is 0 Å². The zero-order valence-corrected chi connectivity index (χ0v) is 12.3. The summed E-state index contributed by atoms with van der Waals surface area (Å²) in [4.78, 5) is 0. The number of rotatable bonds is 3. The summed E-state index contributed by atoms with van der Waals surface area (Å²) in [6, 6.07) is 6.12. The summed E-state index contributed by atoms with van der Waals surface area (Å²) in [5.41, 5.74) is 8.21. The molecule has 20 heavy (non-hydrogen) atoms. The Hall–Kier alpha value is -1.88. The summed E-state index contributed by atoms with van der Waals surface area (Å²) in [7, 11) is 1.59. The molecule has 108 valence electrons. The lowest BCUT2D eigenvalue weighted by Gasteiger charge is -2.16. The molecule has 0 radical (unpaired) electrons. The van der Waals surface area contributed by atoms with E-state index in [9.17, 15) is 4.39 Å². The maximum Gasteiger partial charge on any atom is 0.221 e. The average molecular weight is 277 g/mol. The molecule has 0 aliphatic heterocycles. The minimum Gasteiger partial charge on any atom is -0.481 e. The Morgan fingerprint density at radius 2 is 1.85 bits per heavy atom. The summed E-state index contributed by atoms with van der Waals surface area (Å²) in [6.07, 6.45) is 0. The quantitative estimate of drug-likeness (QED) is 0.938. The maximum atomic E-state index is 13.0. The van der Waals surface area contributed by atoms with E-state index in [1.807, 2.05) is 0 Å². The van der Waals surface area contributed by atoms with Crippen molar-refractivity contribution in [1.29, 1.82) is 0 Å². The molecule has 5 heteroatoms. The van der Waals surface area contributed by atoms with E-state index in [1.165, 1.54) is 12.1 Å². The van der Waals surface area contributed by atoms with Gasteiger partial charge < -0.3 is 10.5 Å². The molecule has 2 aromatic rings. The van der Waals surface area contributed by atoms with Crippen LogP contribution in [0.3, 0.4) is 0 Å². The molecule has 0 saturated heterocycles. The van der Waals surface area contributed by atoms with Crippen molar-refractivity contribution < 1.29 is 9.13 Å². The van der Waals surface area contributed by atoms with Crippen LogP contribution in [0.5, 0.6) is 5.88 Å². The number of halogens is 1. The van der Waals surface area contributed by atoms with Gasteiger partial charge in [0.15, 0.2) is 0 Å². The Bertz CT molecular complexity index is 597. The van der Waals surface area contributed by atoms with Crippen molar-refractivity contribution in [2.45, 2.75) is 32.7 Å². The summed E-state index contributed by atoms with van der Waals surface area (Å²) < 4.78 is 20.2. The number of nitrogens with zero attached hydrogens (tertiary/aromatic N) is 2. The number of aromatic nitrogens is 2. The van der Waals surface area contributed by atoms with Gasteiger partial charge in [-0.15, -0.1) is 0 Å². The zero-order chi connectivity index (χ0) is 14.9. The van der Waals surface area contributed by atoms with Gasteiger partial charge in [-0.1, -0.05) is 20.8 Å². The molecular formula is C15H20FN3O. The standard InChI is InChI=1S/C15H20FN3O/c1-15(2,3)13-12(9-17)14(20-4)19(18-13)11-7-5-10(16)6-8-11/h5-8H,9,17H2,1-4H3. The van der Waals surface area contributed by atoms with Gasteiger partial charge in [0.25, 0.3) is 0 Å². The molecule has 0 saturated carbocycles. The molecular weight excluding hydrogens is 257 g/mol. The van der Waals surface area contributed by atoms with Gasteiger partial charge in [0.2, 0.25) is 5.88 Å². The van der Waals surface area contributed by atoms with Crippen LogP contribution in [-0.2, 0) is 12.0 Å². The SMILES string of the molecule is COc1c(CN)c(C(C)(C)C)nn1-c1ccc(F)cc1. The van der Waals surface area contributed by atoms with Gasteiger partial charge in [0.05, 0.1) is 24.1 Å². The van der Waals surface area contributed by atoms with Crippen molar-refractivity contribution in [3.05, 3.63) is 41.3 Å². The number of nitrogens with two attached hydrogens (primary N) is 1. The largest absolute Gasteiger partial charge is 0.481 e. The van der Waals surface area contributed by atoms with E-state index in [1.54, 1.807) is 23.9 Å². The Kier molecular flexibility index (Phi) is 3.81. The average Bonchev–Trinajstić information content (AvgIpc) is 2.77. The molecule has 4 nitrogen and oxygen atoms in total. The first-order valence-electron chi connectivity index (χ1n) is 6.51. The van der Waals surface area contributed by atoms with Crippen LogP contribution in [0.15, 0.2) is 24.3 Å². The molecule has 0 atom stereocenters. The second kappa shape index (κ2) is 5.25. The lowest BCUT2D eigenvalue weighted by atomic mass is 9.89. The molecule has 1 aromatic heterocycles. The Morgan fingerprint density at radius 1 is 1.25 bits per heavy atom. The molecule has 2 N–H and O–H groups in total. The van der Waals surface area contributed by atoms with E-state index in [2.05, 4.69) is 25.9 Å². The second-order valence-corrected chi connectivity index (χ2v) is 5.68. The number of ether oxygens (including phenoxy) is 1. The summed E-state index contributed by atoms with van der Waals surface area (Å²) in [6.45, 7) is 6.56. The van der Waals surface area contributed by atoms with Crippen molar-refractivity contribution in [2.24, 2.45) is 5.73 Å². The predicted octanol–water partition coefficient (Wildman–Crippen LogP) is 2.78. The lowest BCUT2D eigenvalue weighted by Crippen LogP contribution is -2.16. The van der Waals surface area contributed by atoms with Crippen molar-refractivity contribution in [3.63, 3.8) is 0 Å². The van der Waals surface area contributed by atoms with Gasteiger partial charge in [-0.3, -0.25) is 0 Å². The monoisotopic (exact) mass is 277 g/mol. The van der Waals surface area contributed by atoms with Crippen molar-refractivity contribution >= 4 is 0 Å². The van der Waals surface area contributed by atoms with Crippen LogP contribution in [0, 0.1) is 5.82 Å². The molecule has 1 aromatic carbocycles. The number of methoxy groups -OCH3 is 1. The van der Waals surface area contributed by atoms with Gasteiger partial charge >= 0.3 is 0 Å². The van der Waals surface area contributed by atoms with Crippen LogP contribution in [0.1, 0.15) is 32.0 Å². The highest BCUT2D eigenvalue weighted by Crippen LogP contribution is 2.32. The van der Waals surface area contributed by atoms with Gasteiger partial charge in [0, 0.05) is 12.0 Å². The number of hydrogen-bond acceptors (Lipinski definition) is 3. The highest BCUT2D eigenvalue weighted by atomic mass is 19.1. The van der Waals surface area contributed by atoms with Gasteiger partial charge in [-0.05, 0) is 24.3 Å². The molecule has 0 aliphatic carbocycles. The minimum absolute atomic E-state index is 0.146. The van der Waals surface area contributed by atoms with Crippen molar-refractivity contribution in [1.82, 2.24) is 9.78 Å². The predicted molar refractivity (Wildman–Crippen MR) is 76.7 cm³/mol. The molecule has 0 aliphatic rings. The molecule has 0 unspecified atom stereocenters. The number of hydrogen-bond donors (Lipinski definition) is 1. The molecule has 1 heterocycles. The smallest absolute Gasteiger partial charge is 0.221 e. The van der Waals surface area contributed by atoms with E-state index in [0.29, 0.717) is 12.4 Å². The molecule has 2 rings (SSSR count). The minimum atomic E-state index is -0.282. The van der Waals surface area contributed by atoms with Crippen LogP contribution in [0.25, 0.3) is 5.69 Å². The summed E-state index contributed by atoms with van der Waals surface area (Å²) >= 11 is 0.